The van der Waals surface area contributed by atoms with Crippen molar-refractivity contribution in [1.82, 2.24) is 0 Å². The first-order valence-electron chi connectivity index (χ1n) is 32.7. The summed E-state index contributed by atoms with van der Waals surface area (Å²) in [6.07, 6.45) is 87.1. The predicted molar refractivity (Wildman–Crippen MR) is 334 cm³/mol. The lowest BCUT2D eigenvalue weighted by Gasteiger charge is -2.18. The van der Waals surface area contributed by atoms with E-state index in [1.54, 1.807) is 0 Å². The maximum absolute atomic E-state index is 12.9. The topological polar surface area (TPSA) is 78.9 Å². The van der Waals surface area contributed by atoms with E-state index < -0.39 is 6.10 Å². The summed E-state index contributed by atoms with van der Waals surface area (Å²) in [6, 6.07) is 0. The minimum absolute atomic E-state index is 0.0810. The largest absolute Gasteiger partial charge is 0.462 e. The predicted octanol–water partition coefficient (Wildman–Crippen LogP) is 22.4. The fourth-order valence-corrected chi connectivity index (χ4v) is 9.15. The van der Waals surface area contributed by atoms with Gasteiger partial charge in [0.15, 0.2) is 6.10 Å². The average molecular weight is 1070 g/mol. The van der Waals surface area contributed by atoms with E-state index in [4.69, 9.17) is 14.2 Å². The van der Waals surface area contributed by atoms with Gasteiger partial charge in [-0.2, -0.15) is 0 Å². The fourth-order valence-electron chi connectivity index (χ4n) is 9.15. The molecule has 0 aromatic rings. The Morgan fingerprint density at radius 1 is 0.273 bits per heavy atom. The first-order chi connectivity index (χ1) is 38.0. The van der Waals surface area contributed by atoms with Crippen molar-refractivity contribution >= 4 is 17.9 Å². The lowest BCUT2D eigenvalue weighted by molar-refractivity contribution is -0.167. The minimum Gasteiger partial charge on any atom is -0.462 e. The molecule has 0 aliphatic heterocycles. The molecule has 0 rings (SSSR count). The van der Waals surface area contributed by atoms with Crippen LogP contribution >= 0.6 is 0 Å². The fraction of sp³-hybridized carbons (Fsp3) is 0.732. The molecule has 0 aliphatic carbocycles. The number of carbonyl (C=O) groups is 3. The highest BCUT2D eigenvalue weighted by atomic mass is 16.6. The van der Waals surface area contributed by atoms with Crippen LogP contribution in [0.3, 0.4) is 0 Å². The van der Waals surface area contributed by atoms with Gasteiger partial charge in [0.1, 0.15) is 13.2 Å². The highest BCUT2D eigenvalue weighted by molar-refractivity contribution is 5.71. The van der Waals surface area contributed by atoms with E-state index in [1.165, 1.54) is 167 Å². The van der Waals surface area contributed by atoms with Gasteiger partial charge in [0.25, 0.3) is 0 Å². The second-order valence-electron chi connectivity index (χ2n) is 21.6. The lowest BCUT2D eigenvalue weighted by atomic mass is 10.0. The van der Waals surface area contributed by atoms with Crippen LogP contribution in [0.2, 0.25) is 0 Å². The number of ether oxygens (including phenoxy) is 3. The van der Waals surface area contributed by atoms with Crippen molar-refractivity contribution < 1.29 is 28.6 Å². The first-order valence-corrected chi connectivity index (χ1v) is 32.7. The Labute approximate surface area is 477 Å². The Hall–Kier alpha value is -3.67. The van der Waals surface area contributed by atoms with Crippen LogP contribution in [0, 0.1) is 0 Å². The molecule has 6 nitrogen and oxygen atoms in total. The first kappa shape index (κ1) is 73.3. The number of hydrogen-bond donors (Lipinski definition) is 0. The standard InChI is InChI=1S/C71H122O6/c1-4-7-10-13-16-19-22-24-26-28-30-31-32-33-34-35-36-37-38-39-40-41-42-44-45-47-49-52-55-58-61-64-70(73)76-67-68(66-75-69(72)63-60-57-54-51-21-18-15-12-9-6-3)77-71(74)65-62-59-56-53-50-48-46-43-29-27-25-23-20-17-14-11-8-5-2/h7,10,12,15-16,19,24,26-27,29-31,33-34,36-37,68H,4-6,8-9,11,13-14,17-18,20-23,25,28,32,35,38-67H2,1-3H3/b10-7-,15-12-,19-16-,26-24-,29-27-,31-30-,34-33-,37-36-. The molecule has 6 heteroatoms. The highest BCUT2D eigenvalue weighted by Crippen LogP contribution is 2.16. The van der Waals surface area contributed by atoms with Gasteiger partial charge in [0.2, 0.25) is 0 Å². The summed E-state index contributed by atoms with van der Waals surface area (Å²) in [5.41, 5.74) is 0. The maximum atomic E-state index is 12.9. The Morgan fingerprint density at radius 2 is 0.532 bits per heavy atom. The SMILES string of the molecule is CC/C=C\C/C=C\C/C=C\C/C=C\C/C=C\C/C=C\CCCCCCCCCCCCCCC(=O)OCC(COC(=O)CCCCCCC/C=C\CCC)OC(=O)CCCCCCCCC/C=C\CCCCCCCCC. The molecule has 0 fully saturated rings. The normalized spacial score (nSPS) is 12.7. The van der Waals surface area contributed by atoms with Crippen molar-refractivity contribution in [2.45, 2.75) is 322 Å². The molecule has 442 valence electrons. The summed E-state index contributed by atoms with van der Waals surface area (Å²) in [5.74, 6) is -0.888. The smallest absolute Gasteiger partial charge is 0.306 e. The minimum atomic E-state index is -0.783. The summed E-state index contributed by atoms with van der Waals surface area (Å²) >= 11 is 0. The molecule has 0 aromatic heterocycles. The van der Waals surface area contributed by atoms with E-state index >= 15 is 0 Å². The van der Waals surface area contributed by atoms with Crippen LogP contribution in [0.1, 0.15) is 316 Å². The Balaban J connectivity index is 4.19. The van der Waals surface area contributed by atoms with Crippen molar-refractivity contribution in [1.29, 1.82) is 0 Å². The highest BCUT2D eigenvalue weighted by Gasteiger charge is 2.19. The van der Waals surface area contributed by atoms with Gasteiger partial charge >= 0.3 is 17.9 Å². The third kappa shape index (κ3) is 63.0. The van der Waals surface area contributed by atoms with Gasteiger partial charge in [0.05, 0.1) is 0 Å². The zero-order valence-corrected chi connectivity index (χ0v) is 50.7. The van der Waals surface area contributed by atoms with E-state index in [1.807, 2.05) is 0 Å². The summed E-state index contributed by atoms with van der Waals surface area (Å²) in [5, 5.41) is 0. The Kier molecular flexibility index (Phi) is 61.8. The molecule has 0 amide bonds. The van der Waals surface area contributed by atoms with Crippen LogP contribution in [-0.4, -0.2) is 37.2 Å². The monoisotopic (exact) mass is 1070 g/mol. The van der Waals surface area contributed by atoms with E-state index in [9.17, 15) is 14.4 Å². The summed E-state index contributed by atoms with van der Waals surface area (Å²) < 4.78 is 16.9. The summed E-state index contributed by atoms with van der Waals surface area (Å²) in [4.78, 5) is 38.2. The quantitative estimate of drug-likeness (QED) is 0.0261. The molecule has 0 aliphatic rings. The molecule has 0 aromatic carbocycles. The van der Waals surface area contributed by atoms with Crippen LogP contribution in [0.5, 0.6) is 0 Å². The van der Waals surface area contributed by atoms with Gasteiger partial charge in [-0.3, -0.25) is 14.4 Å². The van der Waals surface area contributed by atoms with Gasteiger partial charge in [-0.1, -0.05) is 279 Å². The van der Waals surface area contributed by atoms with Gasteiger partial charge in [-0.15, -0.1) is 0 Å². The van der Waals surface area contributed by atoms with Crippen molar-refractivity contribution in [3.05, 3.63) is 97.2 Å². The van der Waals surface area contributed by atoms with Gasteiger partial charge in [0, 0.05) is 19.3 Å². The number of unbranched alkanes of at least 4 members (excludes halogenated alkanes) is 32. The molecule has 0 heterocycles. The van der Waals surface area contributed by atoms with Gasteiger partial charge in [-0.05, 0) is 116 Å². The molecule has 0 N–H and O–H groups in total. The maximum Gasteiger partial charge on any atom is 0.306 e. The van der Waals surface area contributed by atoms with Crippen LogP contribution in [-0.2, 0) is 28.6 Å². The summed E-state index contributed by atoms with van der Waals surface area (Å²) in [7, 11) is 0. The van der Waals surface area contributed by atoms with E-state index in [0.717, 1.165) is 109 Å². The molecule has 1 unspecified atom stereocenters. The van der Waals surface area contributed by atoms with Crippen LogP contribution in [0.15, 0.2) is 97.2 Å². The summed E-state index contributed by atoms with van der Waals surface area (Å²) in [6.45, 7) is 6.47. The third-order valence-electron chi connectivity index (χ3n) is 14.0. The number of allylic oxidation sites excluding steroid dienone is 16. The molecule has 77 heavy (non-hydrogen) atoms. The average Bonchev–Trinajstić information content (AvgIpc) is 3.43. The third-order valence-corrected chi connectivity index (χ3v) is 14.0. The van der Waals surface area contributed by atoms with Crippen LogP contribution in [0.25, 0.3) is 0 Å². The van der Waals surface area contributed by atoms with Crippen molar-refractivity contribution in [2.75, 3.05) is 13.2 Å². The molecule has 0 spiro atoms. The number of esters is 3. The van der Waals surface area contributed by atoms with Gasteiger partial charge in [-0.25, -0.2) is 0 Å². The lowest BCUT2D eigenvalue weighted by Crippen LogP contribution is -2.30. The Morgan fingerprint density at radius 3 is 0.857 bits per heavy atom. The van der Waals surface area contributed by atoms with Gasteiger partial charge < -0.3 is 14.2 Å². The van der Waals surface area contributed by atoms with Crippen molar-refractivity contribution in [3.63, 3.8) is 0 Å². The van der Waals surface area contributed by atoms with Crippen LogP contribution < -0.4 is 0 Å². The van der Waals surface area contributed by atoms with E-state index in [-0.39, 0.29) is 31.1 Å². The van der Waals surface area contributed by atoms with Crippen molar-refractivity contribution in [3.8, 4) is 0 Å². The molecular weight excluding hydrogens is 949 g/mol. The molecule has 0 bridgehead atoms. The molecular formula is C71H122O6. The van der Waals surface area contributed by atoms with Crippen LogP contribution in [0.4, 0.5) is 0 Å². The molecule has 1 atom stereocenters. The van der Waals surface area contributed by atoms with Crippen molar-refractivity contribution in [2.24, 2.45) is 0 Å². The Bertz CT molecular complexity index is 1510. The number of rotatable bonds is 59. The van der Waals surface area contributed by atoms with E-state index in [0.29, 0.717) is 19.3 Å². The molecule has 0 saturated heterocycles. The van der Waals surface area contributed by atoms with E-state index in [2.05, 4.69) is 118 Å². The molecule has 0 saturated carbocycles. The number of hydrogen-bond acceptors (Lipinski definition) is 6. The zero-order valence-electron chi connectivity index (χ0n) is 50.7. The second-order valence-corrected chi connectivity index (χ2v) is 21.6. The second kappa shape index (κ2) is 64.9. The molecule has 0 radical (unpaired) electrons. The number of carbonyl (C=O) groups excluding carboxylic acids is 3. The zero-order chi connectivity index (χ0) is 55.7.